The first-order valence-electron chi connectivity index (χ1n) is 8.12. The summed E-state index contributed by atoms with van der Waals surface area (Å²) < 4.78 is 7.75. The Bertz CT molecular complexity index is 510. The molecule has 1 aromatic heterocycles. The van der Waals surface area contributed by atoms with Crippen molar-refractivity contribution in [2.24, 2.45) is 11.8 Å². The number of ether oxygens (including phenoxy) is 1. The van der Waals surface area contributed by atoms with Crippen LogP contribution in [0.15, 0.2) is 12.3 Å². The predicted molar refractivity (Wildman–Crippen MR) is 83.2 cm³/mol. The van der Waals surface area contributed by atoms with Crippen molar-refractivity contribution in [3.05, 3.63) is 18.0 Å². The topological polar surface area (TPSA) is 50.6 Å². The summed E-state index contributed by atoms with van der Waals surface area (Å²) in [6, 6.07) is 2.11. The van der Waals surface area contributed by atoms with Crippen LogP contribution in [0.3, 0.4) is 0 Å². The summed E-state index contributed by atoms with van der Waals surface area (Å²) in [5.74, 6) is 1.28. The van der Waals surface area contributed by atoms with Crippen LogP contribution in [0.4, 0.5) is 0 Å². The number of amides is 1. The minimum atomic E-state index is 0.0169. The van der Waals surface area contributed by atoms with Crippen LogP contribution >= 0.6 is 0 Å². The summed E-state index contributed by atoms with van der Waals surface area (Å²) >= 11 is 0. The molecule has 0 radical (unpaired) electrons. The van der Waals surface area contributed by atoms with E-state index in [9.17, 15) is 4.79 Å². The number of hydrogen-bond donors (Lipinski definition) is 0. The number of hydrogen-bond acceptors (Lipinski definition) is 4. The van der Waals surface area contributed by atoms with Crippen molar-refractivity contribution < 1.29 is 9.53 Å². The van der Waals surface area contributed by atoms with Gasteiger partial charge in [-0.15, -0.1) is 0 Å². The standard InChI is InChI=1S/C16H26N4O2/c1-18(2)16(21)12-22-11-14-8-19(7-13-3-4-13)10-15-5-6-17-20(15)9-14/h5-6,13-14H,3-4,7-12H2,1-2H3/t14-/m1/s1. The molecular weight excluding hydrogens is 280 g/mol. The van der Waals surface area contributed by atoms with Crippen LogP contribution < -0.4 is 0 Å². The van der Waals surface area contributed by atoms with E-state index in [1.807, 2.05) is 6.20 Å². The zero-order valence-electron chi connectivity index (χ0n) is 13.6. The molecule has 0 unspecified atom stereocenters. The SMILES string of the molecule is CN(C)C(=O)COC[C@@H]1CN(CC2CC2)Cc2ccnn2C1. The molecule has 0 spiro atoms. The van der Waals surface area contributed by atoms with Crippen LogP contribution in [0, 0.1) is 11.8 Å². The maximum Gasteiger partial charge on any atom is 0.248 e. The van der Waals surface area contributed by atoms with E-state index < -0.39 is 0 Å². The number of rotatable bonds is 6. The minimum absolute atomic E-state index is 0.0169. The lowest BCUT2D eigenvalue weighted by atomic mass is 10.1. The third-order valence-corrected chi connectivity index (χ3v) is 4.43. The second kappa shape index (κ2) is 6.79. The average Bonchev–Trinajstić information content (AvgIpc) is 3.21. The van der Waals surface area contributed by atoms with E-state index in [0.717, 1.165) is 25.6 Å². The fourth-order valence-corrected chi connectivity index (χ4v) is 2.97. The van der Waals surface area contributed by atoms with Crippen molar-refractivity contribution >= 4 is 5.91 Å². The maximum atomic E-state index is 11.6. The van der Waals surface area contributed by atoms with Crippen molar-refractivity contribution in [3.8, 4) is 0 Å². The molecule has 6 heteroatoms. The molecule has 0 bridgehead atoms. The van der Waals surface area contributed by atoms with Gasteiger partial charge in [-0.05, 0) is 24.8 Å². The number of likely N-dealkylation sites (N-methyl/N-ethyl adjacent to an activating group) is 1. The molecule has 122 valence electrons. The molecule has 1 aliphatic heterocycles. The molecule has 1 saturated carbocycles. The normalized spacial score (nSPS) is 22.2. The van der Waals surface area contributed by atoms with Crippen molar-refractivity contribution in [2.75, 3.05) is 40.4 Å². The Morgan fingerprint density at radius 2 is 2.18 bits per heavy atom. The van der Waals surface area contributed by atoms with Crippen LogP contribution in [-0.4, -0.2) is 65.9 Å². The van der Waals surface area contributed by atoms with Gasteiger partial charge >= 0.3 is 0 Å². The van der Waals surface area contributed by atoms with Gasteiger partial charge in [0.2, 0.25) is 5.91 Å². The molecule has 1 aliphatic carbocycles. The van der Waals surface area contributed by atoms with E-state index in [0.29, 0.717) is 12.5 Å². The van der Waals surface area contributed by atoms with Gasteiger partial charge in [-0.3, -0.25) is 14.4 Å². The number of carbonyl (C=O) groups excluding carboxylic acids is 1. The number of fused-ring (bicyclic) bond motifs is 1. The summed E-state index contributed by atoms with van der Waals surface area (Å²) in [5, 5.41) is 4.43. The van der Waals surface area contributed by atoms with Crippen molar-refractivity contribution in [1.82, 2.24) is 19.6 Å². The Balaban J connectivity index is 1.56. The molecule has 0 saturated heterocycles. The Morgan fingerprint density at radius 1 is 1.36 bits per heavy atom. The first kappa shape index (κ1) is 15.5. The van der Waals surface area contributed by atoms with E-state index in [1.165, 1.54) is 25.1 Å². The highest BCUT2D eigenvalue weighted by molar-refractivity contribution is 5.76. The van der Waals surface area contributed by atoms with Crippen LogP contribution in [0.1, 0.15) is 18.5 Å². The first-order valence-corrected chi connectivity index (χ1v) is 8.12. The minimum Gasteiger partial charge on any atom is -0.371 e. The van der Waals surface area contributed by atoms with Gasteiger partial charge in [-0.2, -0.15) is 5.10 Å². The second-order valence-corrected chi connectivity index (χ2v) is 6.81. The van der Waals surface area contributed by atoms with Gasteiger partial charge in [0.1, 0.15) is 6.61 Å². The monoisotopic (exact) mass is 306 g/mol. The molecule has 2 aliphatic rings. The summed E-state index contributed by atoms with van der Waals surface area (Å²) in [5.41, 5.74) is 1.28. The third kappa shape index (κ3) is 4.08. The van der Waals surface area contributed by atoms with Crippen LogP contribution in [0.5, 0.6) is 0 Å². The molecule has 1 amide bonds. The molecule has 6 nitrogen and oxygen atoms in total. The van der Waals surface area contributed by atoms with Gasteiger partial charge in [0.25, 0.3) is 0 Å². The van der Waals surface area contributed by atoms with Gasteiger partial charge < -0.3 is 9.64 Å². The molecule has 1 fully saturated rings. The molecular formula is C16H26N4O2. The molecule has 0 aromatic carbocycles. The summed E-state index contributed by atoms with van der Waals surface area (Å²) in [6.45, 7) is 4.83. The van der Waals surface area contributed by atoms with Crippen molar-refractivity contribution in [3.63, 3.8) is 0 Å². The molecule has 22 heavy (non-hydrogen) atoms. The van der Waals surface area contributed by atoms with Crippen molar-refractivity contribution in [2.45, 2.75) is 25.9 Å². The quantitative estimate of drug-likeness (QED) is 0.781. The highest BCUT2D eigenvalue weighted by Crippen LogP contribution is 2.31. The largest absolute Gasteiger partial charge is 0.371 e. The third-order valence-electron chi connectivity index (χ3n) is 4.43. The van der Waals surface area contributed by atoms with Gasteiger partial charge in [0.05, 0.1) is 12.3 Å². The smallest absolute Gasteiger partial charge is 0.248 e. The number of nitrogens with zero attached hydrogens (tertiary/aromatic N) is 4. The van der Waals surface area contributed by atoms with Crippen LogP contribution in [-0.2, 0) is 22.6 Å². The summed E-state index contributed by atoms with van der Waals surface area (Å²) in [4.78, 5) is 15.7. The van der Waals surface area contributed by atoms with E-state index >= 15 is 0 Å². The Kier molecular flexibility index (Phi) is 4.78. The van der Waals surface area contributed by atoms with Gasteiger partial charge in [0, 0.05) is 52.4 Å². The fourth-order valence-electron chi connectivity index (χ4n) is 2.97. The van der Waals surface area contributed by atoms with E-state index in [-0.39, 0.29) is 12.5 Å². The molecule has 0 N–H and O–H groups in total. The Hall–Kier alpha value is -1.40. The molecule has 1 atom stereocenters. The molecule has 1 aromatic rings. The Morgan fingerprint density at radius 3 is 2.91 bits per heavy atom. The molecule has 2 heterocycles. The van der Waals surface area contributed by atoms with Crippen molar-refractivity contribution in [1.29, 1.82) is 0 Å². The van der Waals surface area contributed by atoms with Gasteiger partial charge in [0.15, 0.2) is 0 Å². The lowest BCUT2D eigenvalue weighted by Crippen LogP contribution is -2.33. The predicted octanol–water partition coefficient (Wildman–Crippen LogP) is 0.830. The van der Waals surface area contributed by atoms with Crippen LogP contribution in [0.25, 0.3) is 0 Å². The fraction of sp³-hybridized carbons (Fsp3) is 0.750. The highest BCUT2D eigenvalue weighted by atomic mass is 16.5. The highest BCUT2D eigenvalue weighted by Gasteiger charge is 2.28. The van der Waals surface area contributed by atoms with Crippen LogP contribution in [0.2, 0.25) is 0 Å². The zero-order valence-corrected chi connectivity index (χ0v) is 13.6. The Labute approximate surface area is 132 Å². The lowest BCUT2D eigenvalue weighted by molar-refractivity contribution is -0.134. The lowest BCUT2D eigenvalue weighted by Gasteiger charge is -2.23. The average molecular weight is 306 g/mol. The van der Waals surface area contributed by atoms with Gasteiger partial charge in [-0.1, -0.05) is 0 Å². The van der Waals surface area contributed by atoms with E-state index in [1.54, 1.807) is 19.0 Å². The number of carbonyl (C=O) groups is 1. The molecule has 3 rings (SSSR count). The van der Waals surface area contributed by atoms with E-state index in [4.69, 9.17) is 4.74 Å². The van der Waals surface area contributed by atoms with E-state index in [2.05, 4.69) is 20.7 Å². The number of aromatic nitrogens is 2. The van der Waals surface area contributed by atoms with Gasteiger partial charge in [-0.25, -0.2) is 0 Å². The summed E-state index contributed by atoms with van der Waals surface area (Å²) in [7, 11) is 3.51. The first-order chi connectivity index (χ1) is 10.6. The maximum absolute atomic E-state index is 11.6. The summed E-state index contributed by atoms with van der Waals surface area (Å²) in [6.07, 6.45) is 4.62. The zero-order chi connectivity index (χ0) is 15.5. The second-order valence-electron chi connectivity index (χ2n) is 6.81.